The summed E-state index contributed by atoms with van der Waals surface area (Å²) in [6, 6.07) is 15.5. The molecule has 1 heterocycles. The highest BCUT2D eigenvalue weighted by Gasteiger charge is 2.28. The number of amides is 1. The second kappa shape index (κ2) is 7.82. The number of hydrogen-bond acceptors (Lipinski definition) is 5. The quantitative estimate of drug-likeness (QED) is 0.677. The van der Waals surface area contributed by atoms with Crippen LogP contribution in [0.5, 0.6) is 0 Å². The van der Waals surface area contributed by atoms with Crippen molar-refractivity contribution in [3.8, 4) is 0 Å². The number of carbonyl (C=O) groups is 2. The first-order chi connectivity index (χ1) is 13.0. The van der Waals surface area contributed by atoms with Crippen LogP contribution in [0.4, 0.5) is 5.69 Å². The highest BCUT2D eigenvalue weighted by atomic mass is 16.5. The van der Waals surface area contributed by atoms with Crippen LogP contribution in [0.2, 0.25) is 0 Å². The molecule has 27 heavy (non-hydrogen) atoms. The maximum absolute atomic E-state index is 12.7. The number of aromatic amines is 1. The van der Waals surface area contributed by atoms with Crippen molar-refractivity contribution in [3.63, 3.8) is 0 Å². The van der Waals surface area contributed by atoms with E-state index in [2.05, 4.69) is 15.5 Å². The van der Waals surface area contributed by atoms with Gasteiger partial charge in [-0.15, -0.1) is 0 Å². The van der Waals surface area contributed by atoms with E-state index >= 15 is 0 Å². The van der Waals surface area contributed by atoms with Crippen LogP contribution in [0.1, 0.15) is 24.3 Å². The van der Waals surface area contributed by atoms with Gasteiger partial charge >= 0.3 is 5.97 Å². The van der Waals surface area contributed by atoms with Crippen LogP contribution in [0.3, 0.4) is 0 Å². The first kappa shape index (κ1) is 18.3. The molecule has 0 spiro atoms. The number of carbonyl (C=O) groups excluding carboxylic acids is 2. The van der Waals surface area contributed by atoms with Gasteiger partial charge in [0, 0.05) is 11.1 Å². The number of H-pyrrole nitrogens is 1. The van der Waals surface area contributed by atoms with Gasteiger partial charge in [-0.25, -0.2) is 9.89 Å². The molecule has 1 unspecified atom stereocenters. The van der Waals surface area contributed by atoms with E-state index in [0.717, 1.165) is 0 Å². The third kappa shape index (κ3) is 4.03. The predicted octanol–water partition coefficient (Wildman–Crippen LogP) is 2.74. The zero-order chi connectivity index (χ0) is 19.4. The van der Waals surface area contributed by atoms with Crippen LogP contribution in [0.25, 0.3) is 10.8 Å². The Morgan fingerprint density at radius 1 is 1.00 bits per heavy atom. The van der Waals surface area contributed by atoms with Crippen molar-refractivity contribution < 1.29 is 14.3 Å². The fourth-order valence-electron chi connectivity index (χ4n) is 2.67. The number of aromatic nitrogens is 2. The molecular formula is C20H19N3O4. The minimum Gasteiger partial charge on any atom is -0.447 e. The van der Waals surface area contributed by atoms with Gasteiger partial charge in [-0.1, -0.05) is 50.2 Å². The Morgan fingerprint density at radius 2 is 1.63 bits per heavy atom. The van der Waals surface area contributed by atoms with Gasteiger partial charge in [-0.05, 0) is 24.1 Å². The monoisotopic (exact) mass is 365 g/mol. The summed E-state index contributed by atoms with van der Waals surface area (Å²) in [6.07, 6.45) is -1.01. The van der Waals surface area contributed by atoms with Crippen molar-refractivity contribution in [2.24, 2.45) is 5.92 Å². The van der Waals surface area contributed by atoms with Crippen LogP contribution in [-0.2, 0) is 9.53 Å². The van der Waals surface area contributed by atoms with Gasteiger partial charge in [0.25, 0.3) is 11.5 Å². The number of rotatable bonds is 5. The molecule has 0 fully saturated rings. The SMILES string of the molecule is CC(C)C(OC(=O)c1n[nH]c(=O)c2ccccc12)C(=O)Nc1ccccc1. The van der Waals surface area contributed by atoms with Crippen LogP contribution in [0, 0.1) is 5.92 Å². The summed E-state index contributed by atoms with van der Waals surface area (Å²) in [5.41, 5.74) is 0.171. The average Bonchev–Trinajstić information content (AvgIpc) is 2.67. The molecule has 7 heteroatoms. The lowest BCUT2D eigenvalue weighted by Crippen LogP contribution is -2.37. The van der Waals surface area contributed by atoms with E-state index < -0.39 is 23.5 Å². The van der Waals surface area contributed by atoms with Gasteiger partial charge in [0.1, 0.15) is 0 Å². The van der Waals surface area contributed by atoms with Crippen LogP contribution < -0.4 is 10.9 Å². The summed E-state index contributed by atoms with van der Waals surface area (Å²) in [4.78, 5) is 37.1. The molecular weight excluding hydrogens is 346 g/mol. The Bertz CT molecular complexity index is 1030. The summed E-state index contributed by atoms with van der Waals surface area (Å²) >= 11 is 0. The second-order valence-corrected chi connectivity index (χ2v) is 6.37. The lowest BCUT2D eigenvalue weighted by molar-refractivity contribution is -0.126. The zero-order valence-corrected chi connectivity index (χ0v) is 14.9. The molecule has 0 saturated heterocycles. The van der Waals surface area contributed by atoms with E-state index in [9.17, 15) is 14.4 Å². The molecule has 2 aromatic carbocycles. The number of esters is 1. The maximum Gasteiger partial charge on any atom is 0.360 e. The molecule has 3 rings (SSSR count). The summed E-state index contributed by atoms with van der Waals surface area (Å²) in [5, 5.41) is 9.54. The van der Waals surface area contributed by atoms with E-state index in [-0.39, 0.29) is 11.6 Å². The number of para-hydroxylation sites is 1. The smallest absolute Gasteiger partial charge is 0.360 e. The highest BCUT2D eigenvalue weighted by Crippen LogP contribution is 2.17. The first-order valence-corrected chi connectivity index (χ1v) is 8.51. The number of ether oxygens (including phenoxy) is 1. The summed E-state index contributed by atoms with van der Waals surface area (Å²) in [5.74, 6) is -1.46. The fourth-order valence-corrected chi connectivity index (χ4v) is 2.67. The van der Waals surface area contributed by atoms with E-state index in [4.69, 9.17) is 4.74 Å². The van der Waals surface area contributed by atoms with E-state index in [0.29, 0.717) is 16.5 Å². The average molecular weight is 365 g/mol. The van der Waals surface area contributed by atoms with Crippen LogP contribution in [-0.4, -0.2) is 28.2 Å². The molecule has 3 aromatic rings. The van der Waals surface area contributed by atoms with Gasteiger partial charge in [-0.3, -0.25) is 9.59 Å². The summed E-state index contributed by atoms with van der Waals surface area (Å²) in [7, 11) is 0. The first-order valence-electron chi connectivity index (χ1n) is 8.51. The minimum absolute atomic E-state index is 0.0386. The van der Waals surface area contributed by atoms with Crippen LogP contribution in [0.15, 0.2) is 59.4 Å². The molecule has 138 valence electrons. The molecule has 0 saturated carbocycles. The normalized spacial score (nSPS) is 12.0. The summed E-state index contributed by atoms with van der Waals surface area (Å²) in [6.45, 7) is 3.56. The maximum atomic E-state index is 12.7. The number of anilines is 1. The van der Waals surface area contributed by atoms with Gasteiger partial charge in [0.2, 0.25) is 0 Å². The predicted molar refractivity (Wildman–Crippen MR) is 101 cm³/mol. The van der Waals surface area contributed by atoms with Crippen molar-refractivity contribution in [2.75, 3.05) is 5.32 Å². The molecule has 1 aromatic heterocycles. The van der Waals surface area contributed by atoms with Crippen molar-refractivity contribution in [3.05, 3.63) is 70.6 Å². The van der Waals surface area contributed by atoms with E-state index in [1.54, 1.807) is 62.4 Å². The molecule has 1 atom stereocenters. The molecule has 0 radical (unpaired) electrons. The van der Waals surface area contributed by atoms with Gasteiger partial charge < -0.3 is 10.1 Å². The Hall–Kier alpha value is -3.48. The third-order valence-corrected chi connectivity index (χ3v) is 4.03. The molecule has 0 aliphatic rings. The topological polar surface area (TPSA) is 101 Å². The van der Waals surface area contributed by atoms with Gasteiger partial charge in [0.15, 0.2) is 11.8 Å². The number of nitrogens with zero attached hydrogens (tertiary/aromatic N) is 1. The number of benzene rings is 2. The molecule has 0 aliphatic heterocycles. The number of hydrogen-bond donors (Lipinski definition) is 2. The second-order valence-electron chi connectivity index (χ2n) is 6.37. The van der Waals surface area contributed by atoms with Crippen molar-refractivity contribution in [1.29, 1.82) is 0 Å². The van der Waals surface area contributed by atoms with Crippen LogP contribution >= 0.6 is 0 Å². The Kier molecular flexibility index (Phi) is 5.30. The molecule has 0 bridgehead atoms. The number of fused-ring (bicyclic) bond motifs is 1. The lowest BCUT2D eigenvalue weighted by Gasteiger charge is -2.20. The van der Waals surface area contributed by atoms with Gasteiger partial charge in [-0.2, -0.15) is 5.10 Å². The fraction of sp³-hybridized carbons (Fsp3) is 0.200. The van der Waals surface area contributed by atoms with E-state index in [1.807, 2.05) is 6.07 Å². The lowest BCUT2D eigenvalue weighted by atomic mass is 10.1. The highest BCUT2D eigenvalue weighted by molar-refractivity contribution is 6.03. The minimum atomic E-state index is -1.01. The van der Waals surface area contributed by atoms with Crippen molar-refractivity contribution in [2.45, 2.75) is 20.0 Å². The molecule has 1 amide bonds. The summed E-state index contributed by atoms with van der Waals surface area (Å²) < 4.78 is 5.44. The largest absolute Gasteiger partial charge is 0.447 e. The zero-order valence-electron chi connectivity index (χ0n) is 14.9. The Balaban J connectivity index is 1.85. The molecule has 2 N–H and O–H groups in total. The standard InChI is InChI=1S/C20H19N3O4/c1-12(2)17(19(25)21-13-8-4-3-5-9-13)27-20(26)16-14-10-6-7-11-15(14)18(24)23-22-16/h3-12,17H,1-2H3,(H,21,25)(H,23,24). The molecule has 0 aliphatic carbocycles. The Morgan fingerprint density at radius 3 is 2.30 bits per heavy atom. The molecule has 7 nitrogen and oxygen atoms in total. The van der Waals surface area contributed by atoms with Gasteiger partial charge in [0.05, 0.1) is 5.39 Å². The third-order valence-electron chi connectivity index (χ3n) is 4.03. The van der Waals surface area contributed by atoms with E-state index in [1.165, 1.54) is 0 Å². The number of nitrogens with one attached hydrogen (secondary N) is 2. The van der Waals surface area contributed by atoms with Crippen molar-refractivity contribution in [1.82, 2.24) is 10.2 Å². The van der Waals surface area contributed by atoms with Crippen molar-refractivity contribution >= 4 is 28.3 Å². The Labute approximate surface area is 155 Å².